The standard InChI is InChI=1S/C13H19N5O2/c14-13(15)17-7-3-5-11(9-19)18-12(20)8-10-4-1-2-6-16-10/h1-2,4,6,9,11H,3,5,7-8H2,(H,18,20)(H4,14,15,17)/t11-/m0/s1. The molecule has 0 aliphatic heterocycles. The topological polar surface area (TPSA) is 123 Å². The molecule has 0 saturated carbocycles. The van der Waals surface area contributed by atoms with Crippen LogP contribution in [-0.4, -0.2) is 35.7 Å². The van der Waals surface area contributed by atoms with Crippen LogP contribution in [-0.2, 0) is 16.0 Å². The van der Waals surface area contributed by atoms with Crippen molar-refractivity contribution in [1.82, 2.24) is 10.3 Å². The van der Waals surface area contributed by atoms with Crippen LogP contribution in [0.1, 0.15) is 18.5 Å². The van der Waals surface area contributed by atoms with Crippen molar-refractivity contribution in [3.05, 3.63) is 30.1 Å². The van der Waals surface area contributed by atoms with Crippen LogP contribution in [0.3, 0.4) is 0 Å². The summed E-state index contributed by atoms with van der Waals surface area (Å²) in [7, 11) is 0. The first kappa shape index (κ1) is 15.6. The number of rotatable bonds is 8. The Hall–Kier alpha value is -2.44. The van der Waals surface area contributed by atoms with Gasteiger partial charge in [-0.25, -0.2) is 0 Å². The van der Waals surface area contributed by atoms with Gasteiger partial charge in [0.1, 0.15) is 6.29 Å². The minimum atomic E-state index is -0.527. The summed E-state index contributed by atoms with van der Waals surface area (Å²) in [5, 5.41) is 2.65. The van der Waals surface area contributed by atoms with Gasteiger partial charge in [0.15, 0.2) is 5.96 Å². The highest BCUT2D eigenvalue weighted by Crippen LogP contribution is 1.98. The maximum Gasteiger partial charge on any atom is 0.226 e. The third-order valence-electron chi connectivity index (χ3n) is 2.55. The Bertz CT molecular complexity index is 457. The van der Waals surface area contributed by atoms with Gasteiger partial charge in [0, 0.05) is 18.4 Å². The Morgan fingerprint density at radius 3 is 2.85 bits per heavy atom. The van der Waals surface area contributed by atoms with E-state index in [0.29, 0.717) is 31.4 Å². The van der Waals surface area contributed by atoms with Crippen molar-refractivity contribution in [2.75, 3.05) is 6.54 Å². The smallest absolute Gasteiger partial charge is 0.226 e. The molecule has 0 unspecified atom stereocenters. The number of hydrogen-bond acceptors (Lipinski definition) is 4. The summed E-state index contributed by atoms with van der Waals surface area (Å²) >= 11 is 0. The number of aromatic nitrogens is 1. The van der Waals surface area contributed by atoms with E-state index in [9.17, 15) is 9.59 Å². The van der Waals surface area contributed by atoms with E-state index in [-0.39, 0.29) is 18.3 Å². The average Bonchev–Trinajstić information content (AvgIpc) is 2.43. The van der Waals surface area contributed by atoms with Gasteiger partial charge in [-0.15, -0.1) is 0 Å². The number of aldehydes is 1. The summed E-state index contributed by atoms with van der Waals surface area (Å²) in [6.07, 6.45) is 3.60. The number of amides is 1. The summed E-state index contributed by atoms with van der Waals surface area (Å²) in [6.45, 7) is 0.433. The third-order valence-corrected chi connectivity index (χ3v) is 2.55. The fraction of sp³-hybridized carbons (Fsp3) is 0.385. The van der Waals surface area contributed by atoms with E-state index in [1.54, 1.807) is 18.3 Å². The fourth-order valence-electron chi connectivity index (χ4n) is 1.62. The molecule has 0 aromatic carbocycles. The number of pyridine rings is 1. The van der Waals surface area contributed by atoms with Crippen molar-refractivity contribution in [2.45, 2.75) is 25.3 Å². The zero-order valence-corrected chi connectivity index (χ0v) is 11.2. The maximum atomic E-state index is 11.7. The van der Waals surface area contributed by atoms with Crippen LogP contribution in [0.15, 0.2) is 29.4 Å². The normalized spacial score (nSPS) is 11.4. The quantitative estimate of drug-likeness (QED) is 0.252. The van der Waals surface area contributed by atoms with E-state index < -0.39 is 6.04 Å². The average molecular weight is 277 g/mol. The van der Waals surface area contributed by atoms with Crippen molar-refractivity contribution in [3.8, 4) is 0 Å². The van der Waals surface area contributed by atoms with Crippen LogP contribution < -0.4 is 16.8 Å². The molecule has 1 rings (SSSR count). The summed E-state index contributed by atoms with van der Waals surface area (Å²) in [6, 6.07) is 4.82. The summed E-state index contributed by atoms with van der Waals surface area (Å²) < 4.78 is 0. The number of hydrogen-bond donors (Lipinski definition) is 3. The van der Waals surface area contributed by atoms with E-state index in [4.69, 9.17) is 11.5 Å². The number of carbonyl (C=O) groups is 2. The lowest BCUT2D eigenvalue weighted by Crippen LogP contribution is -2.37. The van der Waals surface area contributed by atoms with Gasteiger partial charge < -0.3 is 21.6 Å². The van der Waals surface area contributed by atoms with Crippen molar-refractivity contribution >= 4 is 18.2 Å². The van der Waals surface area contributed by atoms with E-state index in [1.807, 2.05) is 6.07 Å². The number of aliphatic imine (C=N–C) groups is 1. The number of carbonyl (C=O) groups excluding carboxylic acids is 2. The molecule has 7 nitrogen and oxygen atoms in total. The highest BCUT2D eigenvalue weighted by molar-refractivity contribution is 5.81. The highest BCUT2D eigenvalue weighted by atomic mass is 16.2. The Labute approximate surface area is 117 Å². The number of nitrogens with two attached hydrogens (primary N) is 2. The van der Waals surface area contributed by atoms with E-state index in [1.165, 1.54) is 0 Å². The maximum absolute atomic E-state index is 11.7. The van der Waals surface area contributed by atoms with Gasteiger partial charge >= 0.3 is 0 Å². The SMILES string of the molecule is NC(N)=NCCC[C@@H](C=O)NC(=O)Cc1ccccn1. The Balaban J connectivity index is 2.34. The fourth-order valence-corrected chi connectivity index (χ4v) is 1.62. The molecule has 0 bridgehead atoms. The molecule has 1 atom stereocenters. The minimum absolute atomic E-state index is 0.0202. The highest BCUT2D eigenvalue weighted by Gasteiger charge is 2.11. The zero-order chi connectivity index (χ0) is 14.8. The molecular formula is C13H19N5O2. The Morgan fingerprint density at radius 1 is 1.45 bits per heavy atom. The number of guanidine groups is 1. The van der Waals surface area contributed by atoms with E-state index >= 15 is 0 Å². The lowest BCUT2D eigenvalue weighted by molar-refractivity contribution is -0.123. The minimum Gasteiger partial charge on any atom is -0.370 e. The molecule has 1 heterocycles. The molecule has 0 fully saturated rings. The summed E-state index contributed by atoms with van der Waals surface area (Å²) in [4.78, 5) is 30.5. The van der Waals surface area contributed by atoms with Gasteiger partial charge in [-0.1, -0.05) is 6.07 Å². The molecule has 108 valence electrons. The van der Waals surface area contributed by atoms with Crippen molar-refractivity contribution in [3.63, 3.8) is 0 Å². The van der Waals surface area contributed by atoms with Gasteiger partial charge in [0.2, 0.25) is 5.91 Å². The van der Waals surface area contributed by atoms with Gasteiger partial charge in [0.05, 0.1) is 12.5 Å². The number of nitrogens with zero attached hydrogens (tertiary/aromatic N) is 2. The molecule has 0 aliphatic carbocycles. The van der Waals surface area contributed by atoms with Crippen molar-refractivity contribution < 1.29 is 9.59 Å². The lowest BCUT2D eigenvalue weighted by atomic mass is 10.1. The molecule has 0 spiro atoms. The predicted octanol–water partition coefficient (Wildman–Crippen LogP) is -0.639. The second-order valence-electron chi connectivity index (χ2n) is 4.26. The van der Waals surface area contributed by atoms with Gasteiger partial charge in [0.25, 0.3) is 0 Å². The first-order chi connectivity index (χ1) is 9.61. The van der Waals surface area contributed by atoms with Crippen LogP contribution in [0.5, 0.6) is 0 Å². The molecule has 1 aromatic heterocycles. The molecule has 7 heteroatoms. The van der Waals surface area contributed by atoms with Crippen LogP contribution in [0.2, 0.25) is 0 Å². The zero-order valence-electron chi connectivity index (χ0n) is 11.2. The van der Waals surface area contributed by atoms with Crippen molar-refractivity contribution in [2.24, 2.45) is 16.5 Å². The first-order valence-corrected chi connectivity index (χ1v) is 6.31. The molecule has 5 N–H and O–H groups in total. The molecule has 0 radical (unpaired) electrons. The first-order valence-electron chi connectivity index (χ1n) is 6.31. The molecule has 1 amide bonds. The Morgan fingerprint density at radius 2 is 2.25 bits per heavy atom. The molecule has 0 saturated heterocycles. The van der Waals surface area contributed by atoms with Crippen LogP contribution in [0.25, 0.3) is 0 Å². The third kappa shape index (κ3) is 6.48. The van der Waals surface area contributed by atoms with Crippen molar-refractivity contribution in [1.29, 1.82) is 0 Å². The monoisotopic (exact) mass is 277 g/mol. The largest absolute Gasteiger partial charge is 0.370 e. The van der Waals surface area contributed by atoms with Gasteiger partial charge in [-0.3, -0.25) is 14.8 Å². The van der Waals surface area contributed by atoms with Gasteiger partial charge in [-0.2, -0.15) is 0 Å². The lowest BCUT2D eigenvalue weighted by Gasteiger charge is -2.11. The van der Waals surface area contributed by atoms with E-state index in [2.05, 4.69) is 15.3 Å². The summed E-state index contributed by atoms with van der Waals surface area (Å²) in [5.41, 5.74) is 11.0. The summed E-state index contributed by atoms with van der Waals surface area (Å²) in [5.74, 6) is -0.213. The van der Waals surface area contributed by atoms with Gasteiger partial charge in [-0.05, 0) is 25.0 Å². The molecule has 0 aliphatic rings. The molecule has 1 aromatic rings. The van der Waals surface area contributed by atoms with E-state index in [0.717, 1.165) is 0 Å². The molecular weight excluding hydrogens is 258 g/mol. The molecule has 20 heavy (non-hydrogen) atoms. The van der Waals surface area contributed by atoms with Crippen LogP contribution in [0.4, 0.5) is 0 Å². The predicted molar refractivity (Wildman–Crippen MR) is 75.8 cm³/mol. The van der Waals surface area contributed by atoms with Crippen LogP contribution in [0, 0.1) is 0 Å². The number of nitrogens with one attached hydrogen (secondary N) is 1. The second kappa shape index (κ2) is 8.63. The second-order valence-corrected chi connectivity index (χ2v) is 4.26. The van der Waals surface area contributed by atoms with Crippen LogP contribution >= 0.6 is 0 Å². The Kier molecular flexibility index (Phi) is 6.74.